The fourth-order valence-electron chi connectivity index (χ4n) is 4.22. The number of benzene rings is 2. The molecule has 2 aliphatic heterocycles. The largest absolute Gasteiger partial charge is 0.454 e. The first-order valence-electron chi connectivity index (χ1n) is 10.7. The summed E-state index contributed by atoms with van der Waals surface area (Å²) in [6, 6.07) is 11.3. The van der Waals surface area contributed by atoms with Crippen molar-refractivity contribution in [3.8, 4) is 17.2 Å². The predicted octanol–water partition coefficient (Wildman–Crippen LogP) is 1.66. The average Bonchev–Trinajstić information content (AvgIpc) is 3.32. The molecule has 172 valence electrons. The van der Waals surface area contributed by atoms with E-state index in [0.717, 1.165) is 10.3 Å². The van der Waals surface area contributed by atoms with Crippen LogP contribution in [0.1, 0.15) is 0 Å². The molecule has 0 saturated carbocycles. The first-order valence-corrected chi connectivity index (χ1v) is 10.7. The predicted molar refractivity (Wildman–Crippen MR) is 123 cm³/mol. The van der Waals surface area contributed by atoms with Gasteiger partial charge >= 0.3 is 5.69 Å². The molecular formula is C23H19FN6O4. The Morgan fingerprint density at radius 1 is 0.882 bits per heavy atom. The van der Waals surface area contributed by atoms with Gasteiger partial charge in [-0.3, -0.25) is 9.78 Å². The van der Waals surface area contributed by atoms with Gasteiger partial charge < -0.3 is 19.3 Å². The number of halogens is 1. The summed E-state index contributed by atoms with van der Waals surface area (Å²) in [5.41, 5.74) is 0.359. The topological polar surface area (TPSA) is 106 Å². The minimum absolute atomic E-state index is 0.0938. The number of hydrogen-bond donors (Lipinski definition) is 1. The Hall–Kier alpha value is -4.41. The highest BCUT2D eigenvalue weighted by atomic mass is 19.1. The summed E-state index contributed by atoms with van der Waals surface area (Å²) in [6.07, 6.45) is 1.44. The molecule has 4 heterocycles. The monoisotopic (exact) mass is 462 g/mol. The van der Waals surface area contributed by atoms with Crippen molar-refractivity contribution in [3.05, 3.63) is 75.3 Å². The second-order valence-electron chi connectivity index (χ2n) is 7.99. The SMILES string of the molecule is O=c1[nH]c2nc(N3CCN(c4ccc(F)cc4)CC3)ncc2c(=O)n1-c1ccc2c(c1)OCO2. The zero-order valence-electron chi connectivity index (χ0n) is 17.9. The number of piperazine rings is 1. The summed E-state index contributed by atoms with van der Waals surface area (Å²) in [5, 5.41) is 0.200. The summed E-state index contributed by atoms with van der Waals surface area (Å²) in [6.45, 7) is 2.78. The number of H-pyrrole nitrogens is 1. The third-order valence-corrected chi connectivity index (χ3v) is 6.01. The Bertz CT molecular complexity index is 1510. The molecule has 2 aromatic carbocycles. The molecule has 0 atom stereocenters. The van der Waals surface area contributed by atoms with Gasteiger partial charge in [-0.05, 0) is 36.4 Å². The van der Waals surface area contributed by atoms with E-state index in [1.807, 2.05) is 4.90 Å². The molecule has 1 fully saturated rings. The molecule has 0 amide bonds. The number of nitrogens with one attached hydrogen (secondary N) is 1. The summed E-state index contributed by atoms with van der Waals surface area (Å²) in [7, 11) is 0. The van der Waals surface area contributed by atoms with E-state index in [1.54, 1.807) is 30.3 Å². The molecule has 2 aromatic heterocycles. The maximum atomic E-state index is 13.2. The van der Waals surface area contributed by atoms with E-state index >= 15 is 0 Å². The second kappa shape index (κ2) is 7.87. The lowest BCUT2D eigenvalue weighted by Gasteiger charge is -2.36. The highest BCUT2D eigenvalue weighted by Gasteiger charge is 2.21. The lowest BCUT2D eigenvalue weighted by molar-refractivity contribution is 0.174. The number of aromatic nitrogens is 4. The van der Waals surface area contributed by atoms with E-state index in [0.29, 0.717) is 49.3 Å². The summed E-state index contributed by atoms with van der Waals surface area (Å²) in [4.78, 5) is 41.6. The molecular weight excluding hydrogens is 443 g/mol. The summed E-state index contributed by atoms with van der Waals surface area (Å²) >= 11 is 0. The van der Waals surface area contributed by atoms with Gasteiger partial charge in [0.2, 0.25) is 12.7 Å². The fraction of sp³-hybridized carbons (Fsp3) is 0.217. The Labute approximate surface area is 191 Å². The molecule has 0 aliphatic carbocycles. The van der Waals surface area contributed by atoms with Crippen LogP contribution in [-0.4, -0.2) is 52.5 Å². The van der Waals surface area contributed by atoms with Crippen LogP contribution in [0.4, 0.5) is 16.0 Å². The van der Waals surface area contributed by atoms with Gasteiger partial charge in [0.05, 0.1) is 5.69 Å². The zero-order valence-corrected chi connectivity index (χ0v) is 17.9. The number of ether oxygens (including phenoxy) is 2. The van der Waals surface area contributed by atoms with Crippen LogP contribution in [0.2, 0.25) is 0 Å². The van der Waals surface area contributed by atoms with Crippen molar-refractivity contribution in [2.45, 2.75) is 0 Å². The molecule has 6 rings (SSSR count). The average molecular weight is 462 g/mol. The lowest BCUT2D eigenvalue weighted by atomic mass is 10.2. The zero-order chi connectivity index (χ0) is 23.2. The van der Waals surface area contributed by atoms with E-state index in [9.17, 15) is 14.0 Å². The number of rotatable bonds is 3. The molecule has 0 unspecified atom stereocenters. The van der Waals surface area contributed by atoms with E-state index in [-0.39, 0.29) is 23.6 Å². The highest BCUT2D eigenvalue weighted by Crippen LogP contribution is 2.33. The van der Waals surface area contributed by atoms with Gasteiger partial charge in [0.25, 0.3) is 5.56 Å². The first kappa shape index (κ1) is 20.2. The molecule has 11 heteroatoms. The Kier molecular flexibility index (Phi) is 4.68. The van der Waals surface area contributed by atoms with Crippen molar-refractivity contribution >= 4 is 22.7 Å². The molecule has 2 aliphatic rings. The summed E-state index contributed by atoms with van der Waals surface area (Å²) < 4.78 is 24.9. The van der Waals surface area contributed by atoms with Gasteiger partial charge in [0.1, 0.15) is 11.2 Å². The van der Waals surface area contributed by atoms with Gasteiger partial charge in [0.15, 0.2) is 17.1 Å². The van der Waals surface area contributed by atoms with Crippen molar-refractivity contribution in [2.75, 3.05) is 42.8 Å². The van der Waals surface area contributed by atoms with Crippen LogP contribution in [0.15, 0.2) is 58.3 Å². The van der Waals surface area contributed by atoms with E-state index in [4.69, 9.17) is 9.47 Å². The molecule has 0 bridgehead atoms. The molecule has 4 aromatic rings. The fourth-order valence-corrected chi connectivity index (χ4v) is 4.22. The Morgan fingerprint density at radius 2 is 1.59 bits per heavy atom. The summed E-state index contributed by atoms with van der Waals surface area (Å²) in [5.74, 6) is 1.19. The van der Waals surface area contributed by atoms with Crippen molar-refractivity contribution in [1.29, 1.82) is 0 Å². The number of fused-ring (bicyclic) bond motifs is 2. The van der Waals surface area contributed by atoms with Gasteiger partial charge in [-0.25, -0.2) is 18.7 Å². The second-order valence-corrected chi connectivity index (χ2v) is 7.99. The molecule has 34 heavy (non-hydrogen) atoms. The standard InChI is InChI=1S/C23H19FN6O4/c24-14-1-3-15(4-2-14)28-7-9-29(10-8-28)22-25-12-17-20(26-22)27-23(32)30(21(17)31)16-5-6-18-19(11-16)34-13-33-18/h1-6,11-12H,7-10,13H2,(H,25,26,27,32). The van der Waals surface area contributed by atoms with Crippen molar-refractivity contribution in [1.82, 2.24) is 19.5 Å². The normalized spacial score (nSPS) is 15.2. The molecule has 0 radical (unpaired) electrons. The highest BCUT2D eigenvalue weighted by molar-refractivity contribution is 5.74. The van der Waals surface area contributed by atoms with Crippen LogP contribution < -0.4 is 30.5 Å². The third-order valence-electron chi connectivity index (χ3n) is 6.01. The molecule has 1 saturated heterocycles. The van der Waals surface area contributed by atoms with Crippen LogP contribution in [-0.2, 0) is 0 Å². The van der Waals surface area contributed by atoms with Crippen LogP contribution >= 0.6 is 0 Å². The smallest absolute Gasteiger partial charge is 0.334 e. The van der Waals surface area contributed by atoms with Crippen molar-refractivity contribution < 1.29 is 13.9 Å². The van der Waals surface area contributed by atoms with Crippen LogP contribution in [0.25, 0.3) is 16.7 Å². The minimum Gasteiger partial charge on any atom is -0.454 e. The van der Waals surface area contributed by atoms with Crippen molar-refractivity contribution in [2.24, 2.45) is 0 Å². The number of aromatic amines is 1. The van der Waals surface area contributed by atoms with Crippen LogP contribution in [0.3, 0.4) is 0 Å². The minimum atomic E-state index is -0.609. The van der Waals surface area contributed by atoms with Crippen LogP contribution in [0, 0.1) is 5.82 Å². The maximum Gasteiger partial charge on any atom is 0.334 e. The van der Waals surface area contributed by atoms with E-state index in [2.05, 4.69) is 19.9 Å². The quantitative estimate of drug-likeness (QED) is 0.490. The molecule has 10 nitrogen and oxygen atoms in total. The maximum absolute atomic E-state index is 13.2. The first-order chi connectivity index (χ1) is 16.6. The number of anilines is 2. The van der Waals surface area contributed by atoms with E-state index < -0.39 is 11.2 Å². The van der Waals surface area contributed by atoms with E-state index in [1.165, 1.54) is 18.3 Å². The molecule has 0 spiro atoms. The Balaban J connectivity index is 1.28. The Morgan fingerprint density at radius 3 is 2.38 bits per heavy atom. The molecule has 1 N–H and O–H groups in total. The van der Waals surface area contributed by atoms with Crippen LogP contribution in [0.5, 0.6) is 11.5 Å². The number of hydrogen-bond acceptors (Lipinski definition) is 8. The number of nitrogens with zero attached hydrogens (tertiary/aromatic N) is 5. The van der Waals surface area contributed by atoms with Gasteiger partial charge in [0, 0.05) is 44.1 Å². The van der Waals surface area contributed by atoms with Gasteiger partial charge in [-0.15, -0.1) is 0 Å². The third kappa shape index (κ3) is 3.41. The van der Waals surface area contributed by atoms with Gasteiger partial charge in [-0.1, -0.05) is 0 Å². The van der Waals surface area contributed by atoms with Crippen molar-refractivity contribution in [3.63, 3.8) is 0 Å². The lowest BCUT2D eigenvalue weighted by Crippen LogP contribution is -2.47. The van der Waals surface area contributed by atoms with Gasteiger partial charge in [-0.2, -0.15) is 4.98 Å².